The molecule has 0 aliphatic heterocycles. The summed E-state index contributed by atoms with van der Waals surface area (Å²) < 4.78 is 30.6. The topological polar surface area (TPSA) is 87.2 Å². The summed E-state index contributed by atoms with van der Waals surface area (Å²) in [6, 6.07) is 3.14. The van der Waals surface area contributed by atoms with E-state index in [0.717, 1.165) is 18.5 Å². The van der Waals surface area contributed by atoms with E-state index in [4.69, 9.17) is 9.88 Å². The average molecular weight is 309 g/mol. The molecule has 0 unspecified atom stereocenters. The number of hydrogen-bond acceptors (Lipinski definition) is 4. The molecule has 0 amide bonds. The van der Waals surface area contributed by atoms with Crippen LogP contribution < -0.4 is 9.88 Å². The highest BCUT2D eigenvalue weighted by molar-refractivity contribution is 7.89. The van der Waals surface area contributed by atoms with E-state index >= 15 is 0 Å². The molecule has 0 bridgehead atoms. The van der Waals surface area contributed by atoms with Gasteiger partial charge in [-0.1, -0.05) is 0 Å². The first kappa shape index (κ1) is 15.5. The van der Waals surface area contributed by atoms with Crippen LogP contribution in [-0.2, 0) is 16.6 Å². The molecular weight excluding hydrogens is 290 g/mol. The van der Waals surface area contributed by atoms with Gasteiger partial charge in [0.05, 0.1) is 17.8 Å². The molecule has 114 valence electrons. The van der Waals surface area contributed by atoms with E-state index in [1.54, 1.807) is 25.5 Å². The number of nitrogens with two attached hydrogens (primary N) is 1. The lowest BCUT2D eigenvalue weighted by Gasteiger charge is -2.13. The van der Waals surface area contributed by atoms with Crippen LogP contribution in [0.25, 0.3) is 0 Å². The normalized spacial score (nSPS) is 11.6. The minimum absolute atomic E-state index is 0.144. The van der Waals surface area contributed by atoms with Crippen molar-refractivity contribution < 1.29 is 13.2 Å². The van der Waals surface area contributed by atoms with Crippen LogP contribution in [-0.4, -0.2) is 24.6 Å². The van der Waals surface area contributed by atoms with Crippen molar-refractivity contribution in [1.82, 2.24) is 9.55 Å². The molecule has 1 aromatic carbocycles. The number of nitrogens with zero attached hydrogens (tertiary/aromatic N) is 2. The lowest BCUT2D eigenvalue weighted by atomic mass is 10.1. The largest absolute Gasteiger partial charge is 0.493 e. The zero-order valence-corrected chi connectivity index (χ0v) is 12.9. The molecule has 0 atom stereocenters. The van der Waals surface area contributed by atoms with Gasteiger partial charge >= 0.3 is 0 Å². The Bertz CT molecular complexity index is 709. The molecular formula is C14H19N3O3S. The fraction of sp³-hybridized carbons (Fsp3) is 0.357. The Labute approximate surface area is 124 Å². The van der Waals surface area contributed by atoms with Crippen molar-refractivity contribution in [1.29, 1.82) is 0 Å². The third-order valence-electron chi connectivity index (χ3n) is 3.37. The third-order valence-corrected chi connectivity index (χ3v) is 4.43. The van der Waals surface area contributed by atoms with Gasteiger partial charge in [0.1, 0.15) is 5.75 Å². The molecule has 0 aliphatic rings. The summed E-state index contributed by atoms with van der Waals surface area (Å²) in [6.45, 7) is 4.93. The van der Waals surface area contributed by atoms with E-state index in [9.17, 15) is 8.42 Å². The van der Waals surface area contributed by atoms with Crippen LogP contribution in [0.4, 0.5) is 0 Å². The summed E-state index contributed by atoms with van der Waals surface area (Å²) in [5.74, 6) is 0.686. The Morgan fingerprint density at radius 2 is 2.05 bits per heavy atom. The highest BCUT2D eigenvalue weighted by atomic mass is 32.2. The molecule has 2 aromatic rings. The molecule has 0 aliphatic carbocycles. The first-order chi connectivity index (χ1) is 9.89. The number of sulfonamides is 1. The van der Waals surface area contributed by atoms with Crippen molar-refractivity contribution in [3.05, 3.63) is 42.0 Å². The van der Waals surface area contributed by atoms with Crippen LogP contribution in [0.3, 0.4) is 0 Å². The Morgan fingerprint density at radius 3 is 2.67 bits per heavy atom. The van der Waals surface area contributed by atoms with Gasteiger partial charge in [0.15, 0.2) is 0 Å². The zero-order chi connectivity index (χ0) is 15.5. The molecule has 1 heterocycles. The molecule has 0 saturated carbocycles. The summed E-state index contributed by atoms with van der Waals surface area (Å²) in [5.41, 5.74) is 1.42. The van der Waals surface area contributed by atoms with Crippen LogP contribution in [0.1, 0.15) is 17.5 Å². The summed E-state index contributed by atoms with van der Waals surface area (Å²) >= 11 is 0. The molecule has 0 saturated heterocycles. The quantitative estimate of drug-likeness (QED) is 0.821. The number of imidazole rings is 1. The monoisotopic (exact) mass is 309 g/mol. The molecule has 2 rings (SSSR count). The fourth-order valence-corrected chi connectivity index (χ4v) is 2.92. The summed E-state index contributed by atoms with van der Waals surface area (Å²) in [5, 5.41) is 5.18. The van der Waals surface area contributed by atoms with Crippen molar-refractivity contribution in [3.8, 4) is 5.75 Å². The minimum atomic E-state index is -3.69. The Kier molecular flexibility index (Phi) is 4.64. The van der Waals surface area contributed by atoms with E-state index in [0.29, 0.717) is 17.9 Å². The number of ether oxygens (including phenoxy) is 1. The van der Waals surface area contributed by atoms with Gasteiger partial charge in [-0.3, -0.25) is 0 Å². The first-order valence-corrected chi connectivity index (χ1v) is 8.16. The third kappa shape index (κ3) is 3.83. The van der Waals surface area contributed by atoms with Gasteiger partial charge in [0, 0.05) is 18.9 Å². The van der Waals surface area contributed by atoms with E-state index in [1.165, 1.54) is 6.07 Å². The second kappa shape index (κ2) is 6.28. The van der Waals surface area contributed by atoms with Gasteiger partial charge < -0.3 is 9.30 Å². The van der Waals surface area contributed by atoms with Crippen LogP contribution >= 0.6 is 0 Å². The Balaban J connectivity index is 1.99. The van der Waals surface area contributed by atoms with Gasteiger partial charge in [0.25, 0.3) is 0 Å². The summed E-state index contributed by atoms with van der Waals surface area (Å²) in [7, 11) is -3.69. The van der Waals surface area contributed by atoms with Crippen LogP contribution in [0.5, 0.6) is 5.75 Å². The van der Waals surface area contributed by atoms with Gasteiger partial charge in [-0.2, -0.15) is 0 Å². The highest BCUT2D eigenvalue weighted by Gasteiger charge is 2.15. The molecule has 0 radical (unpaired) electrons. The molecule has 0 spiro atoms. The molecule has 2 N–H and O–H groups in total. The standard InChI is InChI=1S/C14H19N3O3S/c1-11-12(2)14(21(15,18)19)5-4-13(11)20-9-3-7-17-8-6-16-10-17/h4-6,8,10H,3,7,9H2,1-2H3,(H2,15,18,19). The molecule has 0 fully saturated rings. The number of aromatic nitrogens is 2. The van der Waals surface area contributed by atoms with Gasteiger partial charge in [-0.25, -0.2) is 18.5 Å². The average Bonchev–Trinajstić information content (AvgIpc) is 2.91. The van der Waals surface area contributed by atoms with Gasteiger partial charge in [-0.15, -0.1) is 0 Å². The molecule has 1 aromatic heterocycles. The smallest absolute Gasteiger partial charge is 0.238 e. The number of benzene rings is 1. The van der Waals surface area contributed by atoms with E-state index in [1.807, 2.05) is 17.7 Å². The van der Waals surface area contributed by atoms with Crippen molar-refractivity contribution in [2.24, 2.45) is 5.14 Å². The first-order valence-electron chi connectivity index (χ1n) is 6.61. The Morgan fingerprint density at radius 1 is 1.29 bits per heavy atom. The predicted octanol–water partition coefficient (Wildman–Crippen LogP) is 1.62. The van der Waals surface area contributed by atoms with Gasteiger partial charge in [0.2, 0.25) is 10.0 Å². The second-order valence-electron chi connectivity index (χ2n) is 4.86. The van der Waals surface area contributed by atoms with Crippen molar-refractivity contribution in [3.63, 3.8) is 0 Å². The maximum absolute atomic E-state index is 11.4. The fourth-order valence-electron chi connectivity index (χ4n) is 2.08. The zero-order valence-electron chi connectivity index (χ0n) is 12.1. The molecule has 7 heteroatoms. The minimum Gasteiger partial charge on any atom is -0.493 e. The number of primary sulfonamides is 1. The lowest BCUT2D eigenvalue weighted by molar-refractivity contribution is 0.299. The number of aryl methyl sites for hydroxylation is 1. The number of rotatable bonds is 6. The molecule has 21 heavy (non-hydrogen) atoms. The maximum atomic E-state index is 11.4. The summed E-state index contributed by atoms with van der Waals surface area (Å²) in [6.07, 6.45) is 6.23. The SMILES string of the molecule is Cc1c(OCCCn2ccnc2)ccc(S(N)(=O)=O)c1C. The number of hydrogen-bond donors (Lipinski definition) is 1. The van der Waals surface area contributed by atoms with Crippen molar-refractivity contribution in [2.75, 3.05) is 6.61 Å². The van der Waals surface area contributed by atoms with E-state index in [-0.39, 0.29) is 4.90 Å². The lowest BCUT2D eigenvalue weighted by Crippen LogP contribution is -2.14. The van der Waals surface area contributed by atoms with Crippen LogP contribution in [0.15, 0.2) is 35.7 Å². The summed E-state index contributed by atoms with van der Waals surface area (Å²) in [4.78, 5) is 4.12. The van der Waals surface area contributed by atoms with Crippen molar-refractivity contribution in [2.45, 2.75) is 31.7 Å². The van der Waals surface area contributed by atoms with Crippen LogP contribution in [0, 0.1) is 13.8 Å². The highest BCUT2D eigenvalue weighted by Crippen LogP contribution is 2.26. The van der Waals surface area contributed by atoms with Gasteiger partial charge in [-0.05, 0) is 43.5 Å². The van der Waals surface area contributed by atoms with E-state index in [2.05, 4.69) is 4.98 Å². The second-order valence-corrected chi connectivity index (χ2v) is 6.39. The molecule has 6 nitrogen and oxygen atoms in total. The predicted molar refractivity (Wildman–Crippen MR) is 79.6 cm³/mol. The Hall–Kier alpha value is -1.86. The van der Waals surface area contributed by atoms with Crippen molar-refractivity contribution >= 4 is 10.0 Å². The maximum Gasteiger partial charge on any atom is 0.238 e. The van der Waals surface area contributed by atoms with E-state index < -0.39 is 10.0 Å². The van der Waals surface area contributed by atoms with Crippen LogP contribution in [0.2, 0.25) is 0 Å².